The van der Waals surface area contributed by atoms with Gasteiger partial charge in [-0.25, -0.2) is 18.6 Å². The zero-order valence-corrected chi connectivity index (χ0v) is 9.02. The van der Waals surface area contributed by atoms with Crippen LogP contribution in [0.4, 0.5) is 20.3 Å². The van der Waals surface area contributed by atoms with Crippen molar-refractivity contribution in [2.24, 2.45) is 0 Å². The van der Waals surface area contributed by atoms with E-state index in [0.717, 1.165) is 12.3 Å². The van der Waals surface area contributed by atoms with Crippen molar-refractivity contribution in [3.8, 4) is 0 Å². The van der Waals surface area contributed by atoms with E-state index in [2.05, 4.69) is 10.3 Å². The molecule has 2 rings (SSSR count). The number of nitrogens with one attached hydrogen (secondary N) is 1. The average molecular weight is 250 g/mol. The van der Waals surface area contributed by atoms with Crippen LogP contribution >= 0.6 is 0 Å². The molecule has 2 N–H and O–H groups in total. The van der Waals surface area contributed by atoms with Crippen molar-refractivity contribution in [2.45, 2.75) is 0 Å². The van der Waals surface area contributed by atoms with Crippen molar-refractivity contribution < 1.29 is 18.7 Å². The van der Waals surface area contributed by atoms with Crippen molar-refractivity contribution in [1.82, 2.24) is 4.98 Å². The number of hydrogen-bond donors (Lipinski definition) is 2. The highest BCUT2D eigenvalue weighted by Gasteiger charge is 2.13. The van der Waals surface area contributed by atoms with Crippen molar-refractivity contribution in [3.05, 3.63) is 53.7 Å². The first-order valence-electron chi connectivity index (χ1n) is 4.97. The zero-order chi connectivity index (χ0) is 13.1. The molecule has 92 valence electrons. The molecular weight excluding hydrogens is 242 g/mol. The average Bonchev–Trinajstić information content (AvgIpc) is 2.31. The minimum atomic E-state index is -1.32. The molecule has 0 atom stereocenters. The lowest BCUT2D eigenvalue weighted by Crippen LogP contribution is -2.05. The number of carboxylic acid groups (broad SMARTS) is 1. The van der Waals surface area contributed by atoms with Gasteiger partial charge in [-0.2, -0.15) is 0 Å². The predicted molar refractivity (Wildman–Crippen MR) is 60.8 cm³/mol. The Bertz CT molecular complexity index is 602. The molecular formula is C12H8F2N2O2. The van der Waals surface area contributed by atoms with E-state index in [1.54, 1.807) is 6.07 Å². The summed E-state index contributed by atoms with van der Waals surface area (Å²) in [5.74, 6) is -2.59. The third kappa shape index (κ3) is 2.60. The summed E-state index contributed by atoms with van der Waals surface area (Å²) in [7, 11) is 0. The van der Waals surface area contributed by atoms with Gasteiger partial charge >= 0.3 is 5.97 Å². The van der Waals surface area contributed by atoms with Gasteiger partial charge in [0, 0.05) is 5.69 Å². The van der Waals surface area contributed by atoms with E-state index in [-0.39, 0.29) is 11.4 Å². The highest BCUT2D eigenvalue weighted by Crippen LogP contribution is 2.19. The molecule has 0 aliphatic carbocycles. The Morgan fingerprint density at radius 2 is 2.00 bits per heavy atom. The van der Waals surface area contributed by atoms with Gasteiger partial charge in [0.2, 0.25) is 0 Å². The molecule has 4 nitrogen and oxygen atoms in total. The van der Waals surface area contributed by atoms with E-state index < -0.39 is 17.6 Å². The van der Waals surface area contributed by atoms with Gasteiger partial charge in [-0.05, 0) is 24.3 Å². The van der Waals surface area contributed by atoms with Gasteiger partial charge in [0.1, 0.15) is 23.0 Å². The molecule has 0 aliphatic rings. The molecule has 0 radical (unpaired) electrons. The number of halogens is 2. The molecule has 0 bridgehead atoms. The fourth-order valence-electron chi connectivity index (χ4n) is 1.40. The van der Waals surface area contributed by atoms with Crippen LogP contribution in [0.1, 0.15) is 10.4 Å². The molecule has 0 unspecified atom stereocenters. The summed E-state index contributed by atoms with van der Waals surface area (Å²) in [4.78, 5) is 14.5. The van der Waals surface area contributed by atoms with Crippen LogP contribution in [0.2, 0.25) is 0 Å². The third-order valence-corrected chi connectivity index (χ3v) is 2.17. The van der Waals surface area contributed by atoms with Gasteiger partial charge in [0.25, 0.3) is 0 Å². The summed E-state index contributed by atoms with van der Waals surface area (Å²) in [6.07, 6.45) is 0.883. The van der Waals surface area contributed by atoms with E-state index in [1.807, 2.05) is 0 Å². The smallest absolute Gasteiger partial charge is 0.339 e. The number of nitrogens with zero attached hydrogens (tertiary/aromatic N) is 1. The fourth-order valence-corrected chi connectivity index (χ4v) is 1.40. The molecule has 18 heavy (non-hydrogen) atoms. The monoisotopic (exact) mass is 250 g/mol. The number of aromatic nitrogens is 1. The lowest BCUT2D eigenvalue weighted by atomic mass is 10.2. The van der Waals surface area contributed by atoms with Crippen LogP contribution in [0.15, 0.2) is 36.5 Å². The maximum atomic E-state index is 13.0. The summed E-state index contributed by atoms with van der Waals surface area (Å²) in [6.45, 7) is 0. The summed E-state index contributed by atoms with van der Waals surface area (Å²) >= 11 is 0. The van der Waals surface area contributed by atoms with E-state index in [0.29, 0.717) is 5.69 Å². The van der Waals surface area contributed by atoms with Crippen LogP contribution in [0, 0.1) is 11.6 Å². The van der Waals surface area contributed by atoms with Gasteiger partial charge in [-0.1, -0.05) is 6.07 Å². The molecule has 2 aromatic rings. The van der Waals surface area contributed by atoms with Crippen LogP contribution < -0.4 is 5.32 Å². The molecule has 0 amide bonds. The Labute approximate surface area is 101 Å². The summed E-state index contributed by atoms with van der Waals surface area (Å²) in [5, 5.41) is 11.5. The van der Waals surface area contributed by atoms with Crippen LogP contribution in [0.5, 0.6) is 0 Å². The molecule has 0 fully saturated rings. The van der Waals surface area contributed by atoms with Crippen molar-refractivity contribution >= 4 is 17.5 Å². The van der Waals surface area contributed by atoms with Crippen LogP contribution in [-0.2, 0) is 0 Å². The summed E-state index contributed by atoms with van der Waals surface area (Å²) in [6, 6.07) is 6.27. The van der Waals surface area contributed by atoms with E-state index in [9.17, 15) is 13.6 Å². The molecule has 1 heterocycles. The minimum Gasteiger partial charge on any atom is -0.478 e. The number of hydrogen-bond acceptors (Lipinski definition) is 3. The molecule has 0 saturated heterocycles. The fraction of sp³-hybridized carbons (Fsp3) is 0. The first-order valence-corrected chi connectivity index (χ1v) is 4.97. The van der Waals surface area contributed by atoms with Crippen molar-refractivity contribution in [1.29, 1.82) is 0 Å². The lowest BCUT2D eigenvalue weighted by molar-refractivity contribution is 0.0697. The molecule has 0 aliphatic heterocycles. The number of aromatic carboxylic acids is 1. The summed E-state index contributed by atoms with van der Waals surface area (Å²) in [5.41, 5.74) is 0.0101. The standard InChI is InChI=1S/C12H8F2N2O2/c13-7-2-1-3-9(4-7)16-11-10(12(17)18)5-8(14)6-15-11/h1-6H,(H,15,16)(H,17,18). The highest BCUT2D eigenvalue weighted by atomic mass is 19.1. The number of pyridine rings is 1. The van der Waals surface area contributed by atoms with Crippen LogP contribution in [-0.4, -0.2) is 16.1 Å². The number of carboxylic acids is 1. The topological polar surface area (TPSA) is 62.2 Å². The molecule has 6 heteroatoms. The third-order valence-electron chi connectivity index (χ3n) is 2.17. The Kier molecular flexibility index (Phi) is 3.18. The maximum absolute atomic E-state index is 13.0. The van der Waals surface area contributed by atoms with E-state index in [4.69, 9.17) is 5.11 Å². The normalized spacial score (nSPS) is 10.1. The largest absolute Gasteiger partial charge is 0.478 e. The van der Waals surface area contributed by atoms with Crippen molar-refractivity contribution in [2.75, 3.05) is 5.32 Å². The van der Waals surface area contributed by atoms with Crippen LogP contribution in [0.3, 0.4) is 0 Å². The number of carbonyl (C=O) groups is 1. The van der Waals surface area contributed by atoms with Crippen LogP contribution in [0.25, 0.3) is 0 Å². The predicted octanol–water partition coefficient (Wildman–Crippen LogP) is 2.80. The first-order chi connectivity index (χ1) is 8.56. The van der Waals surface area contributed by atoms with Crippen molar-refractivity contribution in [3.63, 3.8) is 0 Å². The SMILES string of the molecule is O=C(O)c1cc(F)cnc1Nc1cccc(F)c1. The van der Waals surface area contributed by atoms with E-state index in [1.165, 1.54) is 18.2 Å². The second kappa shape index (κ2) is 4.79. The summed E-state index contributed by atoms with van der Waals surface area (Å²) < 4.78 is 25.9. The highest BCUT2D eigenvalue weighted by molar-refractivity contribution is 5.93. The van der Waals surface area contributed by atoms with Gasteiger partial charge in [0.15, 0.2) is 0 Å². The Hall–Kier alpha value is -2.50. The Morgan fingerprint density at radius 3 is 2.67 bits per heavy atom. The number of rotatable bonds is 3. The second-order valence-electron chi connectivity index (χ2n) is 3.49. The molecule has 0 saturated carbocycles. The maximum Gasteiger partial charge on any atom is 0.339 e. The first kappa shape index (κ1) is 12.0. The van der Waals surface area contributed by atoms with Gasteiger partial charge in [-0.3, -0.25) is 0 Å². The van der Waals surface area contributed by atoms with Gasteiger partial charge in [-0.15, -0.1) is 0 Å². The quantitative estimate of drug-likeness (QED) is 0.879. The lowest BCUT2D eigenvalue weighted by Gasteiger charge is -2.08. The number of benzene rings is 1. The molecule has 1 aromatic heterocycles. The van der Waals surface area contributed by atoms with Gasteiger partial charge in [0.05, 0.1) is 6.20 Å². The Morgan fingerprint density at radius 1 is 1.22 bits per heavy atom. The molecule has 0 spiro atoms. The molecule has 1 aromatic carbocycles. The van der Waals surface area contributed by atoms with Gasteiger partial charge < -0.3 is 10.4 Å². The number of anilines is 2. The Balaban J connectivity index is 2.37. The van der Waals surface area contributed by atoms with E-state index >= 15 is 0 Å². The second-order valence-corrected chi connectivity index (χ2v) is 3.49. The minimum absolute atomic E-state index is 0.0468. The zero-order valence-electron chi connectivity index (χ0n) is 9.02.